The third-order valence-corrected chi connectivity index (χ3v) is 5.82. The molecule has 0 aliphatic carbocycles. The van der Waals surface area contributed by atoms with E-state index < -0.39 is 12.2 Å². The molecule has 8 nitrogen and oxygen atoms in total. The number of nitrogens with zero attached hydrogens (tertiary/aromatic N) is 5. The second kappa shape index (κ2) is 7.43. The minimum atomic E-state index is -0.443. The molecule has 0 aromatic heterocycles. The van der Waals surface area contributed by atoms with Gasteiger partial charge in [-0.3, -0.25) is 15.0 Å². The number of rotatable bonds is 3. The van der Waals surface area contributed by atoms with Crippen molar-refractivity contribution >= 4 is 17.9 Å². The van der Waals surface area contributed by atoms with Gasteiger partial charge in [0.15, 0.2) is 18.2 Å². The molecule has 1 aromatic rings. The first-order valence-corrected chi connectivity index (χ1v) is 9.93. The minimum absolute atomic E-state index is 0.258. The van der Waals surface area contributed by atoms with E-state index in [2.05, 4.69) is 46.3 Å². The van der Waals surface area contributed by atoms with Crippen LogP contribution in [0.15, 0.2) is 29.3 Å². The van der Waals surface area contributed by atoms with Crippen molar-refractivity contribution in [3.05, 3.63) is 35.4 Å². The van der Waals surface area contributed by atoms with Gasteiger partial charge >= 0.3 is 6.03 Å². The molecule has 28 heavy (non-hydrogen) atoms. The number of aryl methyl sites for hydroxylation is 1. The molecule has 4 rings (SSSR count). The van der Waals surface area contributed by atoms with Crippen LogP contribution < -0.4 is 5.32 Å². The highest BCUT2D eigenvalue weighted by Gasteiger charge is 2.49. The summed E-state index contributed by atoms with van der Waals surface area (Å²) in [5.41, 5.74) is 2.62. The fourth-order valence-electron chi connectivity index (χ4n) is 4.29. The molecule has 2 saturated heterocycles. The van der Waals surface area contributed by atoms with Gasteiger partial charge < -0.3 is 14.7 Å². The van der Waals surface area contributed by atoms with Crippen LogP contribution in [0.2, 0.25) is 0 Å². The summed E-state index contributed by atoms with van der Waals surface area (Å²) in [5.74, 6) is 0.580. The van der Waals surface area contributed by atoms with Gasteiger partial charge in [-0.05, 0) is 19.4 Å². The molecule has 3 amide bonds. The Labute approximate surface area is 165 Å². The van der Waals surface area contributed by atoms with E-state index in [9.17, 15) is 9.59 Å². The molecular weight excluding hydrogens is 356 g/mol. The lowest BCUT2D eigenvalue weighted by molar-refractivity contribution is -0.127. The van der Waals surface area contributed by atoms with Gasteiger partial charge in [0.25, 0.3) is 5.91 Å². The minimum Gasteiger partial charge on any atom is -0.340 e. The van der Waals surface area contributed by atoms with E-state index in [1.165, 1.54) is 16.0 Å². The van der Waals surface area contributed by atoms with Crippen molar-refractivity contribution in [1.82, 2.24) is 24.9 Å². The number of aliphatic imine (C=N–C) groups is 1. The number of nitrogens with one attached hydrogen (secondary N) is 1. The Balaban J connectivity index is 1.43. The molecule has 3 aliphatic heterocycles. The van der Waals surface area contributed by atoms with E-state index in [-0.39, 0.29) is 11.9 Å². The van der Waals surface area contributed by atoms with Gasteiger partial charge in [0.05, 0.1) is 0 Å². The van der Waals surface area contributed by atoms with Crippen LogP contribution in [0.1, 0.15) is 18.1 Å². The van der Waals surface area contributed by atoms with E-state index in [1.807, 2.05) is 11.8 Å². The van der Waals surface area contributed by atoms with Crippen molar-refractivity contribution in [3.63, 3.8) is 0 Å². The molecule has 2 unspecified atom stereocenters. The van der Waals surface area contributed by atoms with Crippen LogP contribution in [0.5, 0.6) is 0 Å². The fourth-order valence-corrected chi connectivity index (χ4v) is 4.29. The van der Waals surface area contributed by atoms with Crippen molar-refractivity contribution in [1.29, 1.82) is 0 Å². The summed E-state index contributed by atoms with van der Waals surface area (Å²) < 4.78 is 0. The number of benzene rings is 1. The van der Waals surface area contributed by atoms with Crippen molar-refractivity contribution < 1.29 is 9.59 Å². The zero-order valence-electron chi connectivity index (χ0n) is 16.8. The molecule has 8 heteroatoms. The topological polar surface area (TPSA) is 71.5 Å². The molecular formula is C20H28N6O2. The Morgan fingerprint density at radius 1 is 1.18 bits per heavy atom. The van der Waals surface area contributed by atoms with Crippen LogP contribution >= 0.6 is 0 Å². The number of hydrogen-bond acceptors (Lipinski definition) is 6. The van der Waals surface area contributed by atoms with E-state index >= 15 is 0 Å². The first kappa shape index (κ1) is 18.7. The Hall–Kier alpha value is -2.61. The number of guanidine groups is 1. The lowest BCUT2D eigenvalue weighted by Crippen LogP contribution is -2.64. The van der Waals surface area contributed by atoms with Crippen molar-refractivity contribution in [2.45, 2.75) is 32.6 Å². The van der Waals surface area contributed by atoms with Gasteiger partial charge in [-0.1, -0.05) is 29.8 Å². The number of carbonyl (C=O) groups excluding carboxylic acids is 2. The third kappa shape index (κ3) is 3.32. The average molecular weight is 384 g/mol. The second-order valence-corrected chi connectivity index (χ2v) is 7.73. The average Bonchev–Trinajstić information content (AvgIpc) is 3.07. The predicted molar refractivity (Wildman–Crippen MR) is 107 cm³/mol. The SMILES string of the molecule is CCN1C(N2CCN(Cc3cccc(C)c3)CC2)=NC2C1C(=O)NC(=O)N2C. The maximum Gasteiger partial charge on any atom is 0.325 e. The van der Waals surface area contributed by atoms with Crippen LogP contribution in [0.3, 0.4) is 0 Å². The number of carbonyl (C=O) groups is 2. The maximum atomic E-state index is 12.4. The summed E-state index contributed by atoms with van der Waals surface area (Å²) in [4.78, 5) is 37.4. The summed E-state index contributed by atoms with van der Waals surface area (Å²) in [6, 6.07) is 7.83. The Morgan fingerprint density at radius 3 is 2.61 bits per heavy atom. The molecule has 2 atom stereocenters. The third-order valence-electron chi connectivity index (χ3n) is 5.82. The number of amides is 3. The fraction of sp³-hybridized carbons (Fsp3) is 0.550. The summed E-state index contributed by atoms with van der Waals surface area (Å²) >= 11 is 0. The summed E-state index contributed by atoms with van der Waals surface area (Å²) in [6.45, 7) is 9.39. The molecule has 0 bridgehead atoms. The molecule has 0 saturated carbocycles. The number of hydrogen-bond donors (Lipinski definition) is 1. The van der Waals surface area contributed by atoms with E-state index in [4.69, 9.17) is 4.99 Å². The zero-order chi connectivity index (χ0) is 19.8. The van der Waals surface area contributed by atoms with Gasteiger partial charge in [0.1, 0.15) is 0 Å². The highest BCUT2D eigenvalue weighted by molar-refractivity contribution is 6.03. The van der Waals surface area contributed by atoms with Crippen LogP contribution in [0, 0.1) is 6.92 Å². The number of fused-ring (bicyclic) bond motifs is 1. The van der Waals surface area contributed by atoms with E-state index in [0.29, 0.717) is 6.54 Å². The second-order valence-electron chi connectivity index (χ2n) is 7.73. The predicted octanol–water partition coefficient (Wildman–Crippen LogP) is 0.680. The van der Waals surface area contributed by atoms with Crippen LogP contribution in [-0.4, -0.2) is 89.5 Å². The molecule has 150 valence electrons. The van der Waals surface area contributed by atoms with Crippen molar-refractivity contribution in [2.24, 2.45) is 4.99 Å². The Bertz CT molecular complexity index is 802. The van der Waals surface area contributed by atoms with Crippen LogP contribution in [0.25, 0.3) is 0 Å². The van der Waals surface area contributed by atoms with Crippen molar-refractivity contribution in [3.8, 4) is 0 Å². The van der Waals surface area contributed by atoms with Crippen molar-refractivity contribution in [2.75, 3.05) is 39.8 Å². The molecule has 3 aliphatic rings. The summed E-state index contributed by atoms with van der Waals surface area (Å²) in [5, 5.41) is 2.43. The smallest absolute Gasteiger partial charge is 0.325 e. The number of urea groups is 1. The van der Waals surface area contributed by atoms with Crippen LogP contribution in [-0.2, 0) is 11.3 Å². The first-order chi connectivity index (χ1) is 13.5. The van der Waals surface area contributed by atoms with E-state index in [0.717, 1.165) is 38.7 Å². The highest BCUT2D eigenvalue weighted by Crippen LogP contribution is 2.25. The van der Waals surface area contributed by atoms with Gasteiger partial charge in [-0.15, -0.1) is 0 Å². The van der Waals surface area contributed by atoms with Gasteiger partial charge in [-0.2, -0.15) is 0 Å². The molecule has 3 heterocycles. The maximum absolute atomic E-state index is 12.4. The summed E-state index contributed by atoms with van der Waals surface area (Å²) in [7, 11) is 1.69. The Morgan fingerprint density at radius 2 is 1.93 bits per heavy atom. The number of piperazine rings is 1. The number of imide groups is 1. The largest absolute Gasteiger partial charge is 0.340 e. The lowest BCUT2D eigenvalue weighted by atomic mass is 10.1. The van der Waals surface area contributed by atoms with Gasteiger partial charge in [-0.25, -0.2) is 9.79 Å². The van der Waals surface area contributed by atoms with Gasteiger partial charge in [0.2, 0.25) is 0 Å². The van der Waals surface area contributed by atoms with Crippen LogP contribution in [0.4, 0.5) is 4.79 Å². The lowest BCUT2D eigenvalue weighted by Gasteiger charge is -2.40. The standard InChI is InChI=1S/C20H28N6O2/c1-4-26-16-17(23(3)20(28)22-18(16)27)21-19(26)25-10-8-24(9-11-25)13-15-7-5-6-14(2)12-15/h5-7,12,16-17H,4,8-11,13H2,1-3H3,(H,22,27,28). The van der Waals surface area contributed by atoms with Gasteiger partial charge in [0, 0.05) is 46.3 Å². The monoisotopic (exact) mass is 384 g/mol. The summed E-state index contributed by atoms with van der Waals surface area (Å²) in [6.07, 6.45) is -0.443. The van der Waals surface area contributed by atoms with E-state index in [1.54, 1.807) is 7.05 Å². The molecule has 1 aromatic carbocycles. The highest BCUT2D eigenvalue weighted by atomic mass is 16.2. The molecule has 0 spiro atoms. The Kier molecular flexibility index (Phi) is 4.97. The molecule has 0 radical (unpaired) electrons. The quantitative estimate of drug-likeness (QED) is 0.830. The normalized spacial score (nSPS) is 25.7. The zero-order valence-corrected chi connectivity index (χ0v) is 16.8. The molecule has 1 N–H and O–H groups in total. The first-order valence-electron chi connectivity index (χ1n) is 9.93. The number of likely N-dealkylation sites (N-methyl/N-ethyl adjacent to an activating group) is 2. The molecule has 2 fully saturated rings.